The molecule has 6 rings (SSSR count). The van der Waals surface area contributed by atoms with Crippen LogP contribution in [0.25, 0.3) is 22.2 Å². The molecule has 0 saturated carbocycles. The van der Waals surface area contributed by atoms with Crippen LogP contribution >= 0.6 is 0 Å². The minimum atomic E-state index is -0.694. The molecular weight excluding hydrogens is 501 g/mol. The van der Waals surface area contributed by atoms with Crippen LogP contribution in [0.2, 0.25) is 0 Å². The molecule has 3 aliphatic rings. The van der Waals surface area contributed by atoms with Crippen LogP contribution in [0.3, 0.4) is 0 Å². The maximum absolute atomic E-state index is 15.1. The summed E-state index contributed by atoms with van der Waals surface area (Å²) < 4.78 is 28.4. The van der Waals surface area contributed by atoms with Crippen LogP contribution in [0.4, 0.5) is 10.3 Å². The van der Waals surface area contributed by atoms with Crippen molar-refractivity contribution in [1.29, 1.82) is 0 Å². The van der Waals surface area contributed by atoms with Crippen LogP contribution in [0.1, 0.15) is 50.4 Å². The highest BCUT2D eigenvalue weighted by molar-refractivity contribution is 5.85. The Balaban J connectivity index is 1.42. The minimum Gasteiger partial charge on any atom is -0.389 e. The predicted octanol–water partition coefficient (Wildman–Crippen LogP) is 3.41. The Morgan fingerprint density at radius 3 is 2.64 bits per heavy atom. The Bertz CT molecular complexity index is 1430. The van der Waals surface area contributed by atoms with Crippen molar-refractivity contribution in [3.8, 4) is 11.3 Å². The fraction of sp³-hybridized carbons (Fsp3) is 0.552. The van der Waals surface area contributed by atoms with Gasteiger partial charge in [0.2, 0.25) is 5.95 Å². The number of pyridine rings is 1. The van der Waals surface area contributed by atoms with Crippen molar-refractivity contribution in [2.75, 3.05) is 31.7 Å². The van der Waals surface area contributed by atoms with Gasteiger partial charge in [0, 0.05) is 53.5 Å². The molecule has 0 spiro atoms. The zero-order valence-corrected chi connectivity index (χ0v) is 22.7. The molecule has 4 atom stereocenters. The number of aromatic nitrogens is 3. The van der Waals surface area contributed by atoms with Crippen molar-refractivity contribution in [2.45, 2.75) is 76.8 Å². The fourth-order valence-corrected chi connectivity index (χ4v) is 6.35. The third-order valence-electron chi connectivity index (χ3n) is 8.46. The van der Waals surface area contributed by atoms with Gasteiger partial charge in [-0.1, -0.05) is 6.07 Å². The molecule has 3 aliphatic heterocycles. The maximum Gasteiger partial charge on any atom is 0.223 e. The zero-order chi connectivity index (χ0) is 27.3. The number of aliphatic hydroxyl groups is 1. The first kappa shape index (κ1) is 26.3. The van der Waals surface area contributed by atoms with Crippen LogP contribution in [-0.2, 0) is 16.0 Å². The van der Waals surface area contributed by atoms with Gasteiger partial charge in [0.05, 0.1) is 43.7 Å². The van der Waals surface area contributed by atoms with Gasteiger partial charge in [-0.25, -0.2) is 14.4 Å². The van der Waals surface area contributed by atoms with Crippen molar-refractivity contribution in [3.05, 3.63) is 51.7 Å². The first-order chi connectivity index (χ1) is 18.8. The van der Waals surface area contributed by atoms with E-state index in [0.29, 0.717) is 42.6 Å². The van der Waals surface area contributed by atoms with E-state index >= 15 is 4.39 Å². The highest BCUT2D eigenvalue weighted by Gasteiger charge is 2.38. The average Bonchev–Trinajstić information content (AvgIpc) is 3.13. The number of morpholine rings is 1. The van der Waals surface area contributed by atoms with E-state index in [1.54, 1.807) is 12.1 Å². The lowest BCUT2D eigenvalue weighted by Crippen LogP contribution is -2.46. The first-order valence-electron chi connectivity index (χ1n) is 13.9. The van der Waals surface area contributed by atoms with Crippen LogP contribution < -0.4 is 10.7 Å². The Kier molecular flexibility index (Phi) is 7.13. The topological polar surface area (TPSA) is 102 Å². The number of anilines is 1. The summed E-state index contributed by atoms with van der Waals surface area (Å²) in [5.41, 5.74) is 3.23. The van der Waals surface area contributed by atoms with Crippen molar-refractivity contribution < 1.29 is 19.0 Å². The third-order valence-corrected chi connectivity index (χ3v) is 8.46. The van der Waals surface area contributed by atoms with E-state index < -0.39 is 11.9 Å². The molecule has 2 bridgehead atoms. The van der Waals surface area contributed by atoms with Crippen molar-refractivity contribution in [2.24, 2.45) is 0 Å². The molecule has 2 unspecified atom stereocenters. The lowest BCUT2D eigenvalue weighted by atomic mass is 10.0. The molecule has 9 nitrogen and oxygen atoms in total. The summed E-state index contributed by atoms with van der Waals surface area (Å²) in [6, 6.07) is 5.93. The number of hydrogen-bond acceptors (Lipinski definition) is 8. The summed E-state index contributed by atoms with van der Waals surface area (Å²) in [6.07, 6.45) is 3.27. The van der Waals surface area contributed by atoms with E-state index in [-0.39, 0.29) is 35.8 Å². The monoisotopic (exact) mass is 537 g/mol. The normalized spacial score (nSPS) is 25.5. The number of hydrogen-bond donors (Lipinski definition) is 2. The van der Waals surface area contributed by atoms with E-state index in [2.05, 4.69) is 38.6 Å². The van der Waals surface area contributed by atoms with E-state index in [0.717, 1.165) is 49.0 Å². The second-order valence-electron chi connectivity index (χ2n) is 11.3. The van der Waals surface area contributed by atoms with Crippen LogP contribution in [0.15, 0.2) is 29.2 Å². The summed E-state index contributed by atoms with van der Waals surface area (Å²) in [4.78, 5) is 24.6. The lowest BCUT2D eigenvalue weighted by molar-refractivity contribution is -0.0198. The molecule has 2 N–H and O–H groups in total. The molecule has 2 aromatic heterocycles. The van der Waals surface area contributed by atoms with Gasteiger partial charge in [-0.05, 0) is 52.2 Å². The second-order valence-corrected chi connectivity index (χ2v) is 11.3. The number of nitrogens with one attached hydrogen (secondary N) is 1. The Morgan fingerprint density at radius 1 is 1.15 bits per heavy atom. The van der Waals surface area contributed by atoms with Gasteiger partial charge < -0.3 is 24.5 Å². The number of halogens is 1. The minimum absolute atomic E-state index is 0.00285. The summed E-state index contributed by atoms with van der Waals surface area (Å²) in [5.74, 6) is -0.311. The maximum atomic E-state index is 15.1. The molecular formula is C29H36FN5O4. The second kappa shape index (κ2) is 10.6. The predicted molar refractivity (Wildman–Crippen MR) is 146 cm³/mol. The SMILES string of the molecule is Cc1c(CN2C3CCC2COC3)n(C(C)C)c2cc(-c3nc(N[C@@H]4CCOC[C@H]4O)ncc3F)ccc2c1=O. The summed E-state index contributed by atoms with van der Waals surface area (Å²) in [7, 11) is 0. The first-order valence-corrected chi connectivity index (χ1v) is 13.9. The molecule has 3 saturated heterocycles. The average molecular weight is 538 g/mol. The molecule has 3 fully saturated rings. The van der Waals surface area contributed by atoms with Gasteiger partial charge in [0.15, 0.2) is 11.2 Å². The molecule has 39 heavy (non-hydrogen) atoms. The highest BCUT2D eigenvalue weighted by atomic mass is 19.1. The molecule has 208 valence electrons. The summed E-state index contributed by atoms with van der Waals surface area (Å²) >= 11 is 0. The van der Waals surface area contributed by atoms with Crippen LogP contribution in [-0.4, -0.2) is 75.2 Å². The quantitative estimate of drug-likeness (QED) is 0.494. The van der Waals surface area contributed by atoms with Crippen molar-refractivity contribution in [3.63, 3.8) is 0 Å². The number of nitrogens with zero attached hydrogens (tertiary/aromatic N) is 4. The van der Waals surface area contributed by atoms with Gasteiger partial charge in [0.25, 0.3) is 0 Å². The van der Waals surface area contributed by atoms with Gasteiger partial charge >= 0.3 is 0 Å². The number of ether oxygens (including phenoxy) is 2. The van der Waals surface area contributed by atoms with E-state index in [9.17, 15) is 9.90 Å². The summed E-state index contributed by atoms with van der Waals surface area (Å²) in [6.45, 7) is 9.03. The highest BCUT2D eigenvalue weighted by Crippen LogP contribution is 2.33. The number of fused-ring (bicyclic) bond motifs is 3. The number of aliphatic hydroxyl groups excluding tert-OH is 1. The van der Waals surface area contributed by atoms with Gasteiger partial charge in [-0.2, -0.15) is 0 Å². The smallest absolute Gasteiger partial charge is 0.223 e. The van der Waals surface area contributed by atoms with Crippen molar-refractivity contribution >= 4 is 16.9 Å². The number of rotatable bonds is 6. The van der Waals surface area contributed by atoms with Gasteiger partial charge in [-0.15, -0.1) is 0 Å². The molecule has 0 aliphatic carbocycles. The van der Waals surface area contributed by atoms with E-state index in [1.807, 2.05) is 13.0 Å². The largest absolute Gasteiger partial charge is 0.389 e. The molecule has 5 heterocycles. The van der Waals surface area contributed by atoms with Crippen LogP contribution in [0, 0.1) is 12.7 Å². The van der Waals surface area contributed by atoms with Crippen LogP contribution in [0.5, 0.6) is 0 Å². The van der Waals surface area contributed by atoms with Gasteiger partial charge in [-0.3, -0.25) is 9.69 Å². The molecule has 0 amide bonds. The van der Waals surface area contributed by atoms with E-state index in [1.165, 1.54) is 0 Å². The van der Waals surface area contributed by atoms with E-state index in [4.69, 9.17) is 9.47 Å². The molecule has 10 heteroatoms. The lowest BCUT2D eigenvalue weighted by Gasteiger charge is -2.36. The standard InChI is InChI=1S/C29H36FN5O4/c1-16(2)35-24-10-18(27-22(30)11-31-29(33-27)32-23-8-9-38-15-26(23)36)4-7-21(24)28(37)17(3)25(35)12-34-19-5-6-20(34)14-39-13-19/h4,7,10-11,16,19-20,23,26,36H,5-6,8-9,12-15H2,1-3H3,(H,31,32,33)/t19?,20?,23-,26-/m1/s1. The molecule has 1 aromatic carbocycles. The number of benzene rings is 1. The fourth-order valence-electron chi connectivity index (χ4n) is 6.35. The third kappa shape index (κ3) is 4.84. The molecule has 3 aromatic rings. The Labute approximate surface area is 227 Å². The zero-order valence-electron chi connectivity index (χ0n) is 22.7. The van der Waals surface area contributed by atoms with Gasteiger partial charge in [0.1, 0.15) is 5.69 Å². The Morgan fingerprint density at radius 2 is 1.92 bits per heavy atom. The summed E-state index contributed by atoms with van der Waals surface area (Å²) in [5, 5.41) is 14.0. The Hall–Kier alpha value is -2.92. The molecule has 0 radical (unpaired) electrons. The van der Waals surface area contributed by atoms with Crippen molar-refractivity contribution in [1.82, 2.24) is 19.4 Å².